The van der Waals surface area contributed by atoms with Crippen molar-refractivity contribution in [2.45, 2.75) is 80.8 Å². The number of aliphatic hydroxyl groups is 2. The quantitative estimate of drug-likeness (QED) is 0.680. The average Bonchev–Trinajstić information content (AvgIpc) is 3.37. The minimum Gasteiger partial charge on any atom is -0.388 e. The van der Waals surface area contributed by atoms with Crippen molar-refractivity contribution >= 4 is 10.8 Å². The molecule has 5 aliphatic rings. The minimum absolute atomic E-state index is 0.111. The summed E-state index contributed by atoms with van der Waals surface area (Å²) < 4.78 is 7.27. The number of aromatic nitrogens is 1. The fraction of sp³-hybridized carbons (Fsp3) is 0.567. The maximum absolute atomic E-state index is 11.2. The van der Waals surface area contributed by atoms with Crippen LogP contribution in [0.2, 0.25) is 0 Å². The van der Waals surface area contributed by atoms with Crippen molar-refractivity contribution in [3.05, 3.63) is 65.5 Å². The van der Waals surface area contributed by atoms with E-state index in [4.69, 9.17) is 4.74 Å². The average molecular weight is 473 g/mol. The molecule has 0 unspecified atom stereocenters. The molecule has 2 N–H and O–H groups in total. The smallest absolute Gasteiger partial charge is 0.105 e. The zero-order valence-corrected chi connectivity index (χ0v) is 20.9. The summed E-state index contributed by atoms with van der Waals surface area (Å²) in [6, 6.07) is 8.90. The Morgan fingerprint density at radius 2 is 1.94 bits per heavy atom. The first-order valence-electron chi connectivity index (χ1n) is 13.3. The van der Waals surface area contributed by atoms with Crippen molar-refractivity contribution in [1.82, 2.24) is 9.88 Å². The van der Waals surface area contributed by atoms with Crippen molar-refractivity contribution < 1.29 is 14.9 Å². The molecule has 3 aliphatic carbocycles. The van der Waals surface area contributed by atoms with Gasteiger partial charge < -0.3 is 19.8 Å². The number of ether oxygens (including phenoxy) is 1. The summed E-state index contributed by atoms with van der Waals surface area (Å²) in [6.07, 6.45) is 12.8. The number of nitrogens with zero attached hydrogens (tertiary/aromatic N) is 2. The fourth-order valence-corrected chi connectivity index (χ4v) is 8.79. The molecule has 1 saturated heterocycles. The van der Waals surface area contributed by atoms with Crippen molar-refractivity contribution in [1.29, 1.82) is 0 Å². The van der Waals surface area contributed by atoms with Gasteiger partial charge in [0.15, 0.2) is 0 Å². The second-order valence-corrected chi connectivity index (χ2v) is 12.3. The van der Waals surface area contributed by atoms with E-state index in [1.807, 2.05) is 31.4 Å². The van der Waals surface area contributed by atoms with E-state index in [9.17, 15) is 10.2 Å². The van der Waals surface area contributed by atoms with Crippen LogP contribution in [0.1, 0.15) is 56.9 Å². The molecule has 35 heavy (non-hydrogen) atoms. The molecule has 3 fully saturated rings. The first-order chi connectivity index (χ1) is 16.8. The van der Waals surface area contributed by atoms with Crippen molar-refractivity contribution in [2.24, 2.45) is 11.3 Å². The van der Waals surface area contributed by atoms with Gasteiger partial charge in [-0.15, -0.1) is 0 Å². The number of benzene rings is 1. The van der Waals surface area contributed by atoms with Gasteiger partial charge in [0.2, 0.25) is 0 Å². The predicted molar refractivity (Wildman–Crippen MR) is 136 cm³/mol. The summed E-state index contributed by atoms with van der Waals surface area (Å²) >= 11 is 0. The molecule has 2 spiro atoms. The number of pyridine rings is 1. The Hall–Kier alpha value is -2.05. The van der Waals surface area contributed by atoms with Gasteiger partial charge in [-0.2, -0.15) is 0 Å². The Morgan fingerprint density at radius 3 is 2.77 bits per heavy atom. The first kappa shape index (κ1) is 22.2. The normalized spacial score (nSPS) is 44.0. The maximum Gasteiger partial charge on any atom is 0.105 e. The number of fused-ring (bicyclic) bond motifs is 2. The van der Waals surface area contributed by atoms with Gasteiger partial charge in [0.1, 0.15) is 6.10 Å². The van der Waals surface area contributed by atoms with E-state index in [2.05, 4.69) is 48.3 Å². The minimum atomic E-state index is -0.871. The molecule has 5 heteroatoms. The van der Waals surface area contributed by atoms with Gasteiger partial charge >= 0.3 is 0 Å². The van der Waals surface area contributed by atoms with Crippen LogP contribution in [0.15, 0.2) is 60.0 Å². The third kappa shape index (κ3) is 2.81. The standard InChI is InChI=1S/C30H36N2O3/c1-28-10-8-21-15-23-26(33)27(34)24(32(2)3)16-29(23)11-12-30(21,35-29)25(28)7-6-22(28)19-5-4-18-9-13-31-17-20(18)14-19/h4-5,8-9,13-15,17,22,24-27,33-34H,6-7,10-12,16H2,1-3H3/t22-,24-,25-,26+,27-,28-,29-,30-/m1/s1. The molecular formula is C30H36N2O3. The molecule has 2 aromatic rings. The molecule has 5 nitrogen and oxygen atoms in total. The monoisotopic (exact) mass is 472 g/mol. The molecule has 2 bridgehead atoms. The van der Waals surface area contributed by atoms with Gasteiger partial charge in [-0.3, -0.25) is 4.98 Å². The number of likely N-dealkylation sites (N-methyl/N-ethyl adjacent to an activating group) is 1. The van der Waals surface area contributed by atoms with E-state index < -0.39 is 17.8 Å². The van der Waals surface area contributed by atoms with Gasteiger partial charge in [-0.05, 0) is 104 Å². The summed E-state index contributed by atoms with van der Waals surface area (Å²) in [5.74, 6) is 0.937. The molecule has 1 aromatic carbocycles. The SMILES string of the molecule is CN(C)[C@@H]1C[C@@]23CC[C@@]4(O2)C(=CC[C@]2(C)[C@@H](c5ccc6ccncc6c5)CC[C@H]24)C=C3[C@H](O)[C@@H]1O. The van der Waals surface area contributed by atoms with E-state index >= 15 is 0 Å². The molecule has 3 heterocycles. The molecular weight excluding hydrogens is 436 g/mol. The Kier molecular flexibility index (Phi) is 4.60. The summed E-state index contributed by atoms with van der Waals surface area (Å²) in [5, 5.41) is 24.5. The molecule has 184 valence electrons. The Bertz CT molecular complexity index is 1270. The highest BCUT2D eigenvalue weighted by Crippen LogP contribution is 2.69. The predicted octanol–water partition coefficient (Wildman–Crippen LogP) is 4.35. The molecule has 7 rings (SSSR count). The van der Waals surface area contributed by atoms with E-state index in [0.29, 0.717) is 11.8 Å². The zero-order valence-electron chi connectivity index (χ0n) is 20.9. The lowest BCUT2D eigenvalue weighted by Gasteiger charge is -2.56. The third-order valence-electron chi connectivity index (χ3n) is 10.6. The summed E-state index contributed by atoms with van der Waals surface area (Å²) in [7, 11) is 3.98. The molecule has 8 atom stereocenters. The van der Waals surface area contributed by atoms with E-state index in [1.54, 1.807) is 0 Å². The van der Waals surface area contributed by atoms with Gasteiger partial charge in [-0.1, -0.05) is 31.2 Å². The van der Waals surface area contributed by atoms with Crippen LogP contribution in [0.4, 0.5) is 0 Å². The highest BCUT2D eigenvalue weighted by atomic mass is 16.5. The van der Waals surface area contributed by atoms with Crippen LogP contribution in [0.5, 0.6) is 0 Å². The summed E-state index contributed by atoms with van der Waals surface area (Å²) in [4.78, 5) is 6.40. The lowest BCUT2D eigenvalue weighted by atomic mass is 9.58. The fourth-order valence-electron chi connectivity index (χ4n) is 8.79. The van der Waals surface area contributed by atoms with Crippen LogP contribution in [-0.4, -0.2) is 63.6 Å². The molecule has 2 saturated carbocycles. The number of rotatable bonds is 2. The van der Waals surface area contributed by atoms with Crippen LogP contribution < -0.4 is 0 Å². The Labute approximate surface area is 207 Å². The van der Waals surface area contributed by atoms with Gasteiger partial charge in [0.25, 0.3) is 0 Å². The van der Waals surface area contributed by atoms with Crippen LogP contribution in [0, 0.1) is 11.3 Å². The van der Waals surface area contributed by atoms with Crippen LogP contribution in [-0.2, 0) is 4.74 Å². The lowest BCUT2D eigenvalue weighted by molar-refractivity contribution is -0.165. The number of allylic oxidation sites excluding steroid dienone is 1. The van der Waals surface area contributed by atoms with Gasteiger partial charge in [0, 0.05) is 23.8 Å². The molecule has 0 amide bonds. The Balaban J connectivity index is 1.29. The zero-order chi connectivity index (χ0) is 24.2. The van der Waals surface area contributed by atoms with Crippen LogP contribution in [0.25, 0.3) is 10.8 Å². The number of hydrogen-bond donors (Lipinski definition) is 2. The van der Waals surface area contributed by atoms with Crippen molar-refractivity contribution in [2.75, 3.05) is 14.1 Å². The molecule has 1 aromatic heterocycles. The first-order valence-corrected chi connectivity index (χ1v) is 13.3. The van der Waals surface area contributed by atoms with E-state index in [-0.39, 0.29) is 17.1 Å². The second kappa shape index (κ2) is 7.25. The summed E-state index contributed by atoms with van der Waals surface area (Å²) in [6.45, 7) is 2.49. The largest absolute Gasteiger partial charge is 0.388 e. The number of aliphatic hydroxyl groups excluding tert-OH is 2. The molecule has 2 aliphatic heterocycles. The maximum atomic E-state index is 11.2. The van der Waals surface area contributed by atoms with E-state index in [1.165, 1.54) is 28.3 Å². The molecule has 0 radical (unpaired) electrons. The van der Waals surface area contributed by atoms with Crippen LogP contribution >= 0.6 is 0 Å². The highest BCUT2D eigenvalue weighted by molar-refractivity contribution is 5.82. The third-order valence-corrected chi connectivity index (χ3v) is 10.6. The highest BCUT2D eigenvalue weighted by Gasteiger charge is 2.68. The summed E-state index contributed by atoms with van der Waals surface area (Å²) in [5.41, 5.74) is 2.97. The Morgan fingerprint density at radius 1 is 1.09 bits per heavy atom. The topological polar surface area (TPSA) is 65.8 Å². The van der Waals surface area contributed by atoms with Crippen LogP contribution in [0.3, 0.4) is 0 Å². The van der Waals surface area contributed by atoms with Crippen molar-refractivity contribution in [3.8, 4) is 0 Å². The van der Waals surface area contributed by atoms with Gasteiger partial charge in [0.05, 0.1) is 17.3 Å². The van der Waals surface area contributed by atoms with E-state index in [0.717, 1.165) is 37.7 Å². The van der Waals surface area contributed by atoms with Gasteiger partial charge in [-0.25, -0.2) is 0 Å². The lowest BCUT2D eigenvalue weighted by Crippen LogP contribution is -2.61. The number of hydrogen-bond acceptors (Lipinski definition) is 5. The van der Waals surface area contributed by atoms with Crippen molar-refractivity contribution in [3.63, 3.8) is 0 Å². The second-order valence-electron chi connectivity index (χ2n) is 12.3.